The van der Waals surface area contributed by atoms with E-state index in [2.05, 4.69) is 4.98 Å². The largest absolute Gasteiger partial charge is 0.386 e. The highest BCUT2D eigenvalue weighted by molar-refractivity contribution is 7.71. The maximum absolute atomic E-state index is 11.0. The Bertz CT molecular complexity index is 444. The normalized spacial score (nSPS) is 13.9. The van der Waals surface area contributed by atoms with Crippen LogP contribution >= 0.6 is 12.2 Å². The summed E-state index contributed by atoms with van der Waals surface area (Å²) in [4.78, 5) is 13.4. The summed E-state index contributed by atoms with van der Waals surface area (Å²) in [5.74, 6) is 0. The maximum atomic E-state index is 11.0. The molecule has 0 fully saturated rings. The van der Waals surface area contributed by atoms with Gasteiger partial charge in [-0.3, -0.25) is 14.3 Å². The maximum Gasteiger partial charge on any atom is 0.251 e. The third-order valence-electron chi connectivity index (χ3n) is 1.93. The van der Waals surface area contributed by atoms with Crippen LogP contribution in [0.1, 0.15) is 20.1 Å². The van der Waals surface area contributed by atoms with E-state index in [1.165, 1.54) is 23.9 Å². The molecule has 1 heterocycles. The van der Waals surface area contributed by atoms with E-state index >= 15 is 0 Å². The molecule has 84 valence electrons. The lowest BCUT2D eigenvalue weighted by atomic mass is 10.1. The van der Waals surface area contributed by atoms with Crippen molar-refractivity contribution in [1.82, 2.24) is 9.55 Å². The quantitative estimate of drug-likeness (QED) is 0.754. The first-order valence-corrected chi connectivity index (χ1v) is 4.83. The van der Waals surface area contributed by atoms with Gasteiger partial charge in [-0.1, -0.05) is 0 Å². The van der Waals surface area contributed by atoms with Crippen molar-refractivity contribution in [2.24, 2.45) is 0 Å². The molecule has 0 saturated heterocycles. The van der Waals surface area contributed by atoms with Crippen molar-refractivity contribution < 1.29 is 9.84 Å². The Labute approximate surface area is 92.3 Å². The van der Waals surface area contributed by atoms with Crippen LogP contribution in [-0.2, 0) is 4.74 Å². The molecule has 0 aromatic carbocycles. The van der Waals surface area contributed by atoms with E-state index in [0.717, 1.165) is 0 Å². The Balaban J connectivity index is 3.26. The number of hydrogen-bond acceptors (Lipinski definition) is 4. The molecule has 5 nitrogen and oxygen atoms in total. The summed E-state index contributed by atoms with van der Waals surface area (Å²) in [6, 6.07) is 1.33. The predicted octanol–water partition coefficient (Wildman–Crippen LogP) is 0.822. The molecule has 0 aliphatic carbocycles. The lowest BCUT2D eigenvalue weighted by Crippen LogP contribution is -2.35. The fourth-order valence-electron chi connectivity index (χ4n) is 1.35. The van der Waals surface area contributed by atoms with Gasteiger partial charge in [0.2, 0.25) is 0 Å². The highest BCUT2D eigenvalue weighted by Gasteiger charge is 2.28. The van der Waals surface area contributed by atoms with Gasteiger partial charge in [-0.05, 0) is 26.1 Å². The van der Waals surface area contributed by atoms with Gasteiger partial charge in [0.25, 0.3) is 5.56 Å². The van der Waals surface area contributed by atoms with E-state index in [4.69, 9.17) is 17.0 Å². The lowest BCUT2D eigenvalue weighted by Gasteiger charge is -2.29. The molecule has 0 spiro atoms. The number of hydrogen-bond donors (Lipinski definition) is 2. The molecule has 0 bridgehead atoms. The van der Waals surface area contributed by atoms with E-state index in [0.29, 0.717) is 0 Å². The van der Waals surface area contributed by atoms with Crippen LogP contribution < -0.4 is 5.56 Å². The van der Waals surface area contributed by atoms with Crippen LogP contribution in [0.5, 0.6) is 0 Å². The summed E-state index contributed by atoms with van der Waals surface area (Å²) in [6.45, 7) is 3.21. The van der Waals surface area contributed by atoms with Gasteiger partial charge in [0.05, 0.1) is 0 Å². The van der Waals surface area contributed by atoms with Gasteiger partial charge in [0, 0.05) is 19.4 Å². The zero-order valence-electron chi connectivity index (χ0n) is 8.85. The van der Waals surface area contributed by atoms with E-state index in [1.54, 1.807) is 13.8 Å². The Morgan fingerprint density at radius 2 is 2.27 bits per heavy atom. The fraction of sp³-hybridized carbons (Fsp3) is 0.556. The standard InChI is InChI=1S/C9H14N2O3S/c1-9(2,13)7(14-3)11-5-4-6(12)10-8(11)15/h4-5,7,13H,1-3H3,(H,10,12,15)/t7-/m1/s1. The van der Waals surface area contributed by atoms with E-state index in [-0.39, 0.29) is 10.3 Å². The second-order valence-electron chi connectivity index (χ2n) is 3.76. The van der Waals surface area contributed by atoms with Crippen molar-refractivity contribution in [3.63, 3.8) is 0 Å². The minimum absolute atomic E-state index is 0.219. The van der Waals surface area contributed by atoms with Crippen LogP contribution in [0.3, 0.4) is 0 Å². The van der Waals surface area contributed by atoms with Crippen LogP contribution in [0.2, 0.25) is 0 Å². The molecule has 0 aliphatic heterocycles. The van der Waals surface area contributed by atoms with Gasteiger partial charge in [-0.2, -0.15) is 0 Å². The molecule has 1 aromatic rings. The number of nitrogens with one attached hydrogen (secondary N) is 1. The molecule has 2 N–H and O–H groups in total. The van der Waals surface area contributed by atoms with E-state index in [9.17, 15) is 9.90 Å². The van der Waals surface area contributed by atoms with Gasteiger partial charge < -0.3 is 9.84 Å². The number of nitrogens with zero attached hydrogens (tertiary/aromatic N) is 1. The summed E-state index contributed by atoms with van der Waals surface area (Å²) >= 11 is 4.97. The predicted molar refractivity (Wildman–Crippen MR) is 58.2 cm³/mol. The molecule has 0 amide bonds. The molecule has 1 rings (SSSR count). The molecule has 0 radical (unpaired) electrons. The smallest absolute Gasteiger partial charge is 0.251 e. The van der Waals surface area contributed by atoms with Gasteiger partial charge in [-0.15, -0.1) is 0 Å². The van der Waals surface area contributed by atoms with Gasteiger partial charge >= 0.3 is 0 Å². The first kappa shape index (κ1) is 12.1. The lowest BCUT2D eigenvalue weighted by molar-refractivity contribution is -0.112. The first-order valence-electron chi connectivity index (χ1n) is 4.43. The number of H-pyrrole nitrogens is 1. The van der Waals surface area contributed by atoms with Crippen molar-refractivity contribution >= 4 is 12.2 Å². The Hall–Kier alpha value is -0.980. The average Bonchev–Trinajstić information content (AvgIpc) is 2.07. The third-order valence-corrected chi connectivity index (χ3v) is 2.24. The molecular weight excluding hydrogens is 216 g/mol. The molecule has 1 aromatic heterocycles. The topological polar surface area (TPSA) is 67.2 Å². The Morgan fingerprint density at radius 3 is 2.67 bits per heavy atom. The number of aromatic nitrogens is 2. The van der Waals surface area contributed by atoms with Gasteiger partial charge in [0.15, 0.2) is 11.0 Å². The second-order valence-corrected chi connectivity index (χ2v) is 4.15. The summed E-state index contributed by atoms with van der Waals surface area (Å²) in [5, 5.41) is 9.84. The van der Waals surface area contributed by atoms with Crippen LogP contribution in [-0.4, -0.2) is 27.4 Å². The summed E-state index contributed by atoms with van der Waals surface area (Å²) in [7, 11) is 1.47. The third kappa shape index (κ3) is 2.74. The molecular formula is C9H14N2O3S. The van der Waals surface area contributed by atoms with E-state index in [1.807, 2.05) is 0 Å². The van der Waals surface area contributed by atoms with Crippen LogP contribution in [0.15, 0.2) is 17.1 Å². The summed E-state index contributed by atoms with van der Waals surface area (Å²) in [6.07, 6.45) is 0.856. The van der Waals surface area contributed by atoms with Crippen molar-refractivity contribution in [3.8, 4) is 0 Å². The monoisotopic (exact) mass is 230 g/mol. The molecule has 0 aliphatic rings. The highest BCUT2D eigenvalue weighted by Crippen LogP contribution is 2.22. The number of ether oxygens (including phenoxy) is 1. The summed E-state index contributed by atoms with van der Waals surface area (Å²) in [5.41, 5.74) is -1.37. The van der Waals surface area contributed by atoms with E-state index < -0.39 is 11.8 Å². The number of aromatic amines is 1. The average molecular weight is 230 g/mol. The highest BCUT2D eigenvalue weighted by atomic mass is 32.1. The Morgan fingerprint density at radius 1 is 1.67 bits per heavy atom. The van der Waals surface area contributed by atoms with Gasteiger partial charge in [-0.25, -0.2) is 0 Å². The molecule has 6 heteroatoms. The van der Waals surface area contributed by atoms with Crippen LogP contribution in [0, 0.1) is 4.77 Å². The minimum atomic E-state index is -1.09. The molecule has 0 saturated carbocycles. The zero-order valence-corrected chi connectivity index (χ0v) is 9.67. The minimum Gasteiger partial charge on any atom is -0.386 e. The fourth-order valence-corrected chi connectivity index (χ4v) is 1.61. The van der Waals surface area contributed by atoms with Crippen LogP contribution in [0.25, 0.3) is 0 Å². The first-order chi connectivity index (χ1) is 6.86. The number of aliphatic hydroxyl groups is 1. The number of rotatable bonds is 3. The summed E-state index contributed by atoms with van der Waals surface area (Å²) < 4.78 is 6.86. The SMILES string of the molecule is CO[C@@H](n1ccc(=O)[nH]c1=S)C(C)(C)O. The second kappa shape index (κ2) is 4.26. The van der Waals surface area contributed by atoms with Crippen molar-refractivity contribution in [2.45, 2.75) is 25.7 Å². The number of methoxy groups -OCH3 is 1. The molecule has 15 heavy (non-hydrogen) atoms. The van der Waals surface area contributed by atoms with Crippen molar-refractivity contribution in [3.05, 3.63) is 27.4 Å². The van der Waals surface area contributed by atoms with Crippen LogP contribution in [0.4, 0.5) is 0 Å². The van der Waals surface area contributed by atoms with Crippen molar-refractivity contribution in [2.75, 3.05) is 7.11 Å². The zero-order chi connectivity index (χ0) is 11.6. The molecule has 1 atom stereocenters. The van der Waals surface area contributed by atoms with Gasteiger partial charge in [0.1, 0.15) is 5.60 Å². The molecule has 0 unspecified atom stereocenters. The van der Waals surface area contributed by atoms with Crippen molar-refractivity contribution in [1.29, 1.82) is 0 Å². The Kier molecular flexibility index (Phi) is 3.43.